The van der Waals surface area contributed by atoms with E-state index in [-0.39, 0.29) is 18.0 Å². The van der Waals surface area contributed by atoms with Crippen molar-refractivity contribution in [1.29, 1.82) is 0 Å². The lowest BCUT2D eigenvalue weighted by Crippen LogP contribution is -2.87. The van der Waals surface area contributed by atoms with Crippen molar-refractivity contribution < 1.29 is 10.1 Å². The predicted octanol–water partition coefficient (Wildman–Crippen LogP) is 3.50. The molecule has 0 aliphatic heterocycles. The number of nitrogens with two attached hydrogens (primary N) is 1. The maximum atomic E-state index is 12.1. The summed E-state index contributed by atoms with van der Waals surface area (Å²) in [6.45, 7) is 4.38. The van der Waals surface area contributed by atoms with E-state index in [1.54, 1.807) is 0 Å². The summed E-state index contributed by atoms with van der Waals surface area (Å²) in [6.07, 6.45) is 0. The lowest BCUT2D eigenvalue weighted by Gasteiger charge is -2.15. The van der Waals surface area contributed by atoms with Crippen LogP contribution in [0.3, 0.4) is 0 Å². The number of halogens is 2. The lowest BCUT2D eigenvalue weighted by atomic mass is 10.1. The second-order valence-corrected chi connectivity index (χ2v) is 6.50. The molecule has 0 fully saturated rings. The molecule has 0 saturated carbocycles. The minimum atomic E-state index is -0.0466. The number of amides is 1. The van der Waals surface area contributed by atoms with Crippen molar-refractivity contribution in [3.63, 3.8) is 0 Å². The molecule has 2 aromatic rings. The fraction of sp³-hybridized carbons (Fsp3) is 0.278. The first-order valence-electron chi connectivity index (χ1n) is 7.59. The van der Waals surface area contributed by atoms with Gasteiger partial charge in [0.25, 0.3) is 5.91 Å². The highest BCUT2D eigenvalue weighted by atomic mass is 35.5. The zero-order chi connectivity index (χ0) is 16.8. The second kappa shape index (κ2) is 8.34. The van der Waals surface area contributed by atoms with Crippen LogP contribution in [-0.2, 0) is 4.79 Å². The number of nitrogens with one attached hydrogen (secondary N) is 1. The van der Waals surface area contributed by atoms with Crippen LogP contribution in [-0.4, -0.2) is 12.5 Å². The van der Waals surface area contributed by atoms with Gasteiger partial charge in [0.1, 0.15) is 6.04 Å². The van der Waals surface area contributed by atoms with Crippen LogP contribution in [0.1, 0.15) is 37.1 Å². The van der Waals surface area contributed by atoms with Gasteiger partial charge >= 0.3 is 0 Å². The monoisotopic (exact) mass is 351 g/mol. The molecule has 5 heteroatoms. The Morgan fingerprint density at radius 3 is 2.39 bits per heavy atom. The molecule has 0 unspecified atom stereocenters. The molecule has 0 heterocycles. The van der Waals surface area contributed by atoms with E-state index in [4.69, 9.17) is 23.2 Å². The topological polar surface area (TPSA) is 45.7 Å². The van der Waals surface area contributed by atoms with Crippen LogP contribution in [0.2, 0.25) is 10.0 Å². The number of rotatable bonds is 6. The van der Waals surface area contributed by atoms with E-state index < -0.39 is 0 Å². The van der Waals surface area contributed by atoms with Gasteiger partial charge in [-0.05, 0) is 43.7 Å². The molecule has 0 spiro atoms. The van der Waals surface area contributed by atoms with Gasteiger partial charge in [-0.25, -0.2) is 0 Å². The first kappa shape index (κ1) is 17.8. The Morgan fingerprint density at radius 1 is 1.04 bits per heavy atom. The zero-order valence-electron chi connectivity index (χ0n) is 13.2. The Kier molecular flexibility index (Phi) is 6.46. The van der Waals surface area contributed by atoms with Gasteiger partial charge in [-0.1, -0.05) is 47.5 Å². The molecule has 1 amide bonds. The van der Waals surface area contributed by atoms with Gasteiger partial charge in [0, 0.05) is 15.6 Å². The van der Waals surface area contributed by atoms with E-state index in [1.807, 2.05) is 60.8 Å². The molecule has 2 rings (SSSR count). The zero-order valence-corrected chi connectivity index (χ0v) is 14.7. The molecule has 3 nitrogen and oxygen atoms in total. The van der Waals surface area contributed by atoms with Gasteiger partial charge in [-0.2, -0.15) is 0 Å². The summed E-state index contributed by atoms with van der Waals surface area (Å²) < 4.78 is 0. The van der Waals surface area contributed by atoms with Crippen molar-refractivity contribution in [2.75, 3.05) is 6.54 Å². The Labute approximate surface area is 147 Å². The minimum absolute atomic E-state index is 0.00123. The standard InChI is InChI=1S/C18H20Cl2N2O/c1-12(15-4-3-5-17(20)10-15)21-11-18(23)22-13(2)14-6-8-16(19)9-7-14/h3-10,12-13,21H,11H2,1-2H3,(H,22,23)/p+1/t12-,13-/m1/s1. The van der Waals surface area contributed by atoms with Crippen LogP contribution in [0, 0.1) is 0 Å². The van der Waals surface area contributed by atoms with Crippen LogP contribution in [0.15, 0.2) is 48.5 Å². The molecule has 2 atom stereocenters. The highest BCUT2D eigenvalue weighted by Gasteiger charge is 2.14. The van der Waals surface area contributed by atoms with Crippen molar-refractivity contribution in [3.8, 4) is 0 Å². The molecule has 0 aliphatic rings. The molecule has 122 valence electrons. The van der Waals surface area contributed by atoms with E-state index in [0.717, 1.165) is 11.1 Å². The SMILES string of the molecule is C[C@@H](NC(=O)C[NH2+][C@H](C)c1cccc(Cl)c1)c1ccc(Cl)cc1. The first-order valence-corrected chi connectivity index (χ1v) is 8.35. The number of benzene rings is 2. The number of hydrogen-bond donors (Lipinski definition) is 2. The molecule has 0 aromatic heterocycles. The number of hydrogen-bond acceptors (Lipinski definition) is 1. The van der Waals surface area contributed by atoms with Crippen molar-refractivity contribution in [2.24, 2.45) is 0 Å². The highest BCUT2D eigenvalue weighted by Crippen LogP contribution is 2.16. The van der Waals surface area contributed by atoms with Crippen molar-refractivity contribution in [3.05, 3.63) is 69.7 Å². The maximum absolute atomic E-state index is 12.1. The third kappa shape index (κ3) is 5.54. The van der Waals surface area contributed by atoms with Gasteiger partial charge in [0.2, 0.25) is 0 Å². The summed E-state index contributed by atoms with van der Waals surface area (Å²) in [6, 6.07) is 15.3. The van der Waals surface area contributed by atoms with Crippen molar-refractivity contribution >= 4 is 29.1 Å². The summed E-state index contributed by atoms with van der Waals surface area (Å²) in [5.41, 5.74) is 2.14. The average Bonchev–Trinajstić information content (AvgIpc) is 2.53. The lowest BCUT2D eigenvalue weighted by molar-refractivity contribution is -0.682. The van der Waals surface area contributed by atoms with Gasteiger partial charge in [-0.3, -0.25) is 4.79 Å². The quantitative estimate of drug-likeness (QED) is 0.821. The number of carbonyl (C=O) groups is 1. The summed E-state index contributed by atoms with van der Waals surface area (Å²) in [5.74, 6) is 0.00123. The van der Waals surface area contributed by atoms with Gasteiger partial charge in [0.15, 0.2) is 6.54 Å². The van der Waals surface area contributed by atoms with Gasteiger partial charge in [0.05, 0.1) is 6.04 Å². The molecule has 0 aliphatic carbocycles. The van der Waals surface area contributed by atoms with Gasteiger partial charge < -0.3 is 10.6 Å². The molecule has 2 aromatic carbocycles. The second-order valence-electron chi connectivity index (χ2n) is 5.62. The molecule has 0 bridgehead atoms. The summed E-state index contributed by atoms with van der Waals surface area (Å²) in [7, 11) is 0. The summed E-state index contributed by atoms with van der Waals surface area (Å²) in [5, 5.41) is 6.39. The maximum Gasteiger partial charge on any atom is 0.275 e. The fourth-order valence-electron chi connectivity index (χ4n) is 2.34. The molecule has 3 N–H and O–H groups in total. The largest absolute Gasteiger partial charge is 0.345 e. The fourth-order valence-corrected chi connectivity index (χ4v) is 2.67. The van der Waals surface area contributed by atoms with E-state index >= 15 is 0 Å². The third-order valence-electron chi connectivity index (χ3n) is 3.78. The summed E-state index contributed by atoms with van der Waals surface area (Å²) in [4.78, 5) is 12.1. The Morgan fingerprint density at radius 2 is 1.74 bits per heavy atom. The average molecular weight is 352 g/mol. The van der Waals surface area contributed by atoms with Crippen LogP contribution in [0.5, 0.6) is 0 Å². The van der Waals surface area contributed by atoms with E-state index in [9.17, 15) is 4.79 Å². The van der Waals surface area contributed by atoms with Crippen LogP contribution < -0.4 is 10.6 Å². The smallest absolute Gasteiger partial charge is 0.275 e. The summed E-state index contributed by atoms with van der Waals surface area (Å²) >= 11 is 11.9. The minimum Gasteiger partial charge on any atom is -0.345 e. The number of quaternary nitrogens is 1. The van der Waals surface area contributed by atoms with Crippen molar-refractivity contribution in [1.82, 2.24) is 5.32 Å². The van der Waals surface area contributed by atoms with Crippen molar-refractivity contribution in [2.45, 2.75) is 25.9 Å². The predicted molar refractivity (Wildman–Crippen MR) is 94.7 cm³/mol. The van der Waals surface area contributed by atoms with Gasteiger partial charge in [-0.15, -0.1) is 0 Å². The van der Waals surface area contributed by atoms with E-state index in [0.29, 0.717) is 16.6 Å². The normalized spacial score (nSPS) is 13.4. The molecule has 0 radical (unpaired) electrons. The van der Waals surface area contributed by atoms with Crippen LogP contribution in [0.25, 0.3) is 0 Å². The van der Waals surface area contributed by atoms with Crippen LogP contribution in [0.4, 0.5) is 0 Å². The molecule has 0 saturated heterocycles. The first-order chi connectivity index (χ1) is 11.0. The molecule has 23 heavy (non-hydrogen) atoms. The number of carbonyl (C=O) groups excluding carboxylic acids is 1. The van der Waals surface area contributed by atoms with E-state index in [2.05, 4.69) is 12.2 Å². The van der Waals surface area contributed by atoms with E-state index in [1.165, 1.54) is 0 Å². The Balaban J connectivity index is 1.83. The molecular formula is C18H21Cl2N2O+. The van der Waals surface area contributed by atoms with Crippen LogP contribution >= 0.6 is 23.2 Å². The third-order valence-corrected chi connectivity index (χ3v) is 4.27. The Bertz CT molecular complexity index is 658. The molecular weight excluding hydrogens is 331 g/mol. The highest BCUT2D eigenvalue weighted by molar-refractivity contribution is 6.30. The Hall–Kier alpha value is -1.55.